The molecule has 5 heteroatoms. The molecule has 1 unspecified atom stereocenters. The van der Waals surface area contributed by atoms with Crippen LogP contribution in [0.2, 0.25) is 0 Å². The summed E-state index contributed by atoms with van der Waals surface area (Å²) in [5.41, 5.74) is 3.68. The van der Waals surface area contributed by atoms with Crippen LogP contribution in [0.25, 0.3) is 0 Å². The van der Waals surface area contributed by atoms with Crippen molar-refractivity contribution in [2.75, 3.05) is 19.7 Å². The summed E-state index contributed by atoms with van der Waals surface area (Å²) in [6.45, 7) is 6.79. The van der Waals surface area contributed by atoms with Crippen LogP contribution in [0, 0.1) is 11.3 Å². The summed E-state index contributed by atoms with van der Waals surface area (Å²) in [6.07, 6.45) is 4.00. The molecule has 0 aromatic heterocycles. The van der Waals surface area contributed by atoms with Crippen molar-refractivity contribution in [3.8, 4) is 6.07 Å². The molecule has 1 heterocycles. The molecule has 0 amide bonds. The van der Waals surface area contributed by atoms with E-state index in [9.17, 15) is 0 Å². The molecule has 138 valence electrons. The van der Waals surface area contributed by atoms with Gasteiger partial charge in [0.05, 0.1) is 28.8 Å². The van der Waals surface area contributed by atoms with Gasteiger partial charge in [0.2, 0.25) is 0 Å². The topological polar surface area (TPSA) is 66.6 Å². The molecule has 1 aliphatic heterocycles. The van der Waals surface area contributed by atoms with E-state index in [1.54, 1.807) is 12.1 Å². The van der Waals surface area contributed by atoms with Crippen LogP contribution in [-0.4, -0.2) is 37.6 Å². The van der Waals surface area contributed by atoms with E-state index < -0.39 is 0 Å². The second-order valence-electron chi connectivity index (χ2n) is 6.77. The fourth-order valence-corrected chi connectivity index (χ4v) is 3.51. The predicted molar refractivity (Wildman–Crippen MR) is 103 cm³/mol. The van der Waals surface area contributed by atoms with Crippen LogP contribution in [0.5, 0.6) is 0 Å². The van der Waals surface area contributed by atoms with Gasteiger partial charge < -0.3 is 14.8 Å². The lowest BCUT2D eigenvalue weighted by atomic mass is 9.93. The zero-order valence-corrected chi connectivity index (χ0v) is 15.6. The zero-order chi connectivity index (χ0) is 18.4. The fraction of sp³-hybridized carbons (Fsp3) is 0.524. The SMILES string of the molecule is CCOC1C(=Nc2ccc(C#N)cc2)CCC(OC2CCNCC2)=C1C. The number of aliphatic imine (C=N–C) groups is 1. The van der Waals surface area contributed by atoms with Crippen molar-refractivity contribution in [2.24, 2.45) is 4.99 Å². The van der Waals surface area contributed by atoms with Crippen LogP contribution < -0.4 is 5.32 Å². The van der Waals surface area contributed by atoms with Gasteiger partial charge in [-0.1, -0.05) is 0 Å². The number of rotatable bonds is 5. The second-order valence-corrected chi connectivity index (χ2v) is 6.77. The van der Waals surface area contributed by atoms with E-state index in [0.717, 1.165) is 61.5 Å². The molecule has 1 fully saturated rings. The van der Waals surface area contributed by atoms with E-state index in [1.165, 1.54) is 0 Å². The van der Waals surface area contributed by atoms with E-state index in [1.807, 2.05) is 19.1 Å². The van der Waals surface area contributed by atoms with Gasteiger partial charge in [-0.05, 0) is 76.0 Å². The summed E-state index contributed by atoms with van der Waals surface area (Å²) >= 11 is 0. The van der Waals surface area contributed by atoms with Crippen LogP contribution >= 0.6 is 0 Å². The molecule has 0 saturated carbocycles. The average molecular weight is 353 g/mol. The third-order valence-electron chi connectivity index (χ3n) is 4.94. The lowest BCUT2D eigenvalue weighted by Crippen LogP contribution is -2.35. The smallest absolute Gasteiger partial charge is 0.120 e. The number of nitrogens with zero attached hydrogens (tertiary/aromatic N) is 2. The van der Waals surface area contributed by atoms with Gasteiger partial charge in [0, 0.05) is 13.0 Å². The summed E-state index contributed by atoms with van der Waals surface area (Å²) < 4.78 is 12.3. The number of ether oxygens (including phenoxy) is 2. The first-order valence-electron chi connectivity index (χ1n) is 9.47. The maximum absolute atomic E-state index is 8.93. The van der Waals surface area contributed by atoms with Crippen molar-refractivity contribution in [1.29, 1.82) is 5.26 Å². The maximum Gasteiger partial charge on any atom is 0.120 e. The standard InChI is InChI=1S/C21H27N3O2/c1-3-25-21-15(2)20(26-18-10-12-23-13-11-18)9-8-19(21)24-17-6-4-16(14-22)5-7-17/h4-7,18,21,23H,3,8-13H2,1-2H3. The van der Waals surface area contributed by atoms with Gasteiger partial charge in [0.1, 0.15) is 12.2 Å². The molecule has 1 N–H and O–H groups in total. The van der Waals surface area contributed by atoms with Crippen LogP contribution in [0.1, 0.15) is 45.1 Å². The minimum Gasteiger partial charge on any atom is -0.495 e. The molecule has 1 aromatic rings. The van der Waals surface area contributed by atoms with Crippen molar-refractivity contribution in [3.05, 3.63) is 41.2 Å². The van der Waals surface area contributed by atoms with Gasteiger partial charge in [-0.15, -0.1) is 0 Å². The van der Waals surface area contributed by atoms with Crippen molar-refractivity contribution in [2.45, 2.75) is 51.7 Å². The van der Waals surface area contributed by atoms with Gasteiger partial charge in [-0.2, -0.15) is 5.26 Å². The van der Waals surface area contributed by atoms with Gasteiger partial charge in [0.25, 0.3) is 0 Å². The molecule has 1 aliphatic carbocycles. The molecule has 2 aliphatic rings. The van der Waals surface area contributed by atoms with Crippen molar-refractivity contribution in [3.63, 3.8) is 0 Å². The molecule has 1 atom stereocenters. The normalized spacial score (nSPS) is 23.1. The largest absolute Gasteiger partial charge is 0.495 e. The fourth-order valence-electron chi connectivity index (χ4n) is 3.51. The summed E-state index contributed by atoms with van der Waals surface area (Å²) in [5.74, 6) is 1.08. The minimum atomic E-state index is -0.124. The van der Waals surface area contributed by atoms with Crippen molar-refractivity contribution >= 4 is 11.4 Å². The molecule has 3 rings (SSSR count). The third-order valence-corrected chi connectivity index (χ3v) is 4.94. The Hall–Kier alpha value is -2.16. The number of nitrogens with one attached hydrogen (secondary N) is 1. The highest BCUT2D eigenvalue weighted by molar-refractivity contribution is 5.94. The summed E-state index contributed by atoms with van der Waals surface area (Å²) in [4.78, 5) is 4.81. The Kier molecular flexibility index (Phi) is 6.43. The van der Waals surface area contributed by atoms with Gasteiger partial charge >= 0.3 is 0 Å². The minimum absolute atomic E-state index is 0.124. The molecule has 1 saturated heterocycles. The highest BCUT2D eigenvalue weighted by atomic mass is 16.5. The molecule has 0 bridgehead atoms. The first-order valence-corrected chi connectivity index (χ1v) is 9.47. The van der Waals surface area contributed by atoms with Crippen LogP contribution in [-0.2, 0) is 9.47 Å². The van der Waals surface area contributed by atoms with Crippen LogP contribution in [0.3, 0.4) is 0 Å². The number of piperidine rings is 1. The van der Waals surface area contributed by atoms with Gasteiger partial charge in [-0.25, -0.2) is 0 Å². The number of hydrogen-bond acceptors (Lipinski definition) is 5. The summed E-state index contributed by atoms with van der Waals surface area (Å²) in [6, 6.07) is 9.50. The number of benzene rings is 1. The van der Waals surface area contributed by atoms with Crippen LogP contribution in [0.4, 0.5) is 5.69 Å². The first-order chi connectivity index (χ1) is 12.7. The molecular weight excluding hydrogens is 326 g/mol. The Morgan fingerprint density at radius 3 is 2.58 bits per heavy atom. The van der Waals surface area contributed by atoms with E-state index in [4.69, 9.17) is 19.7 Å². The Balaban J connectivity index is 1.79. The maximum atomic E-state index is 8.93. The Morgan fingerprint density at radius 2 is 1.92 bits per heavy atom. The van der Waals surface area contributed by atoms with Crippen molar-refractivity contribution in [1.82, 2.24) is 5.32 Å². The van der Waals surface area contributed by atoms with Crippen LogP contribution in [0.15, 0.2) is 40.6 Å². The molecule has 0 spiro atoms. The number of allylic oxidation sites excluding steroid dienone is 1. The molecule has 5 nitrogen and oxygen atoms in total. The van der Waals surface area contributed by atoms with Gasteiger partial charge in [0.15, 0.2) is 0 Å². The van der Waals surface area contributed by atoms with E-state index in [2.05, 4.69) is 18.3 Å². The quantitative estimate of drug-likeness (QED) is 0.872. The highest BCUT2D eigenvalue weighted by Gasteiger charge is 2.29. The Labute approximate surface area is 155 Å². The van der Waals surface area contributed by atoms with E-state index >= 15 is 0 Å². The third kappa shape index (κ3) is 4.51. The van der Waals surface area contributed by atoms with Crippen molar-refractivity contribution < 1.29 is 9.47 Å². The molecule has 26 heavy (non-hydrogen) atoms. The molecule has 0 radical (unpaired) electrons. The summed E-state index contributed by atoms with van der Waals surface area (Å²) in [5, 5.41) is 12.3. The Bertz CT molecular complexity index is 710. The molecular formula is C21H27N3O2. The zero-order valence-electron chi connectivity index (χ0n) is 15.6. The Morgan fingerprint density at radius 1 is 1.19 bits per heavy atom. The lowest BCUT2D eigenvalue weighted by Gasteiger charge is -2.32. The second kappa shape index (κ2) is 8.98. The predicted octanol–water partition coefficient (Wildman–Crippen LogP) is 3.87. The van der Waals surface area contributed by atoms with E-state index in [-0.39, 0.29) is 6.10 Å². The average Bonchev–Trinajstić information content (AvgIpc) is 2.68. The number of nitriles is 1. The first kappa shape index (κ1) is 18.6. The van der Waals surface area contributed by atoms with E-state index in [0.29, 0.717) is 18.3 Å². The summed E-state index contributed by atoms with van der Waals surface area (Å²) in [7, 11) is 0. The van der Waals surface area contributed by atoms with Gasteiger partial charge in [-0.3, -0.25) is 4.99 Å². The monoisotopic (exact) mass is 353 g/mol. The number of hydrogen-bond donors (Lipinski definition) is 1. The molecule has 1 aromatic carbocycles. The lowest BCUT2D eigenvalue weighted by molar-refractivity contribution is 0.0675. The highest BCUT2D eigenvalue weighted by Crippen LogP contribution is 2.30.